The van der Waals surface area contributed by atoms with Gasteiger partial charge in [-0.2, -0.15) is 0 Å². The highest BCUT2D eigenvalue weighted by molar-refractivity contribution is 5.79. The highest BCUT2D eigenvalue weighted by Crippen LogP contribution is 2.29. The average Bonchev–Trinajstić information content (AvgIpc) is 3.30. The third kappa shape index (κ3) is 4.69. The Bertz CT molecular complexity index is 738. The van der Waals surface area contributed by atoms with E-state index in [1.54, 1.807) is 0 Å². The maximum Gasteiger partial charge on any atom is 0.237 e. The number of carbonyl (C=O) groups excluding carboxylic acids is 1. The van der Waals surface area contributed by atoms with Crippen LogP contribution in [0.2, 0.25) is 0 Å². The van der Waals surface area contributed by atoms with E-state index in [1.165, 1.54) is 0 Å². The van der Waals surface area contributed by atoms with E-state index in [1.807, 2.05) is 48.3 Å². The molecule has 0 aliphatic carbocycles. The van der Waals surface area contributed by atoms with Gasteiger partial charge >= 0.3 is 0 Å². The zero-order valence-electron chi connectivity index (χ0n) is 17.1. The number of likely N-dealkylation sites (N-methyl/N-ethyl adjacent to an activating group) is 1. The van der Waals surface area contributed by atoms with Crippen molar-refractivity contribution >= 4 is 5.91 Å². The fraction of sp³-hybridized carbons (Fsp3) is 0.458. The number of nitrogens with zero attached hydrogens (tertiary/aromatic N) is 2. The third-order valence-electron chi connectivity index (χ3n) is 5.98. The average molecular weight is 395 g/mol. The first-order valence-electron chi connectivity index (χ1n) is 10.6. The third-order valence-corrected chi connectivity index (χ3v) is 5.98. The number of likely N-dealkylation sites (tertiary alicyclic amines) is 1. The van der Waals surface area contributed by atoms with E-state index in [9.17, 15) is 4.79 Å². The summed E-state index contributed by atoms with van der Waals surface area (Å²) in [5.41, 5.74) is 2.24. The van der Waals surface area contributed by atoms with Crippen molar-refractivity contribution in [3.05, 3.63) is 71.8 Å². The maximum atomic E-state index is 13.4. The van der Waals surface area contributed by atoms with Crippen molar-refractivity contribution in [2.75, 3.05) is 33.4 Å². The molecule has 0 radical (unpaired) electrons. The van der Waals surface area contributed by atoms with E-state index in [2.05, 4.69) is 29.2 Å². The second-order valence-corrected chi connectivity index (χ2v) is 7.87. The number of ether oxygens (including phenoxy) is 2. The van der Waals surface area contributed by atoms with Crippen molar-refractivity contribution < 1.29 is 14.3 Å². The number of amides is 1. The predicted octanol–water partition coefficient (Wildman–Crippen LogP) is 3.46. The van der Waals surface area contributed by atoms with Gasteiger partial charge in [0.1, 0.15) is 0 Å². The molecule has 29 heavy (non-hydrogen) atoms. The summed E-state index contributed by atoms with van der Waals surface area (Å²) in [6.45, 7) is 2.59. The molecule has 1 unspecified atom stereocenters. The summed E-state index contributed by atoms with van der Waals surface area (Å²) in [6, 6.07) is 20.5. The van der Waals surface area contributed by atoms with Crippen LogP contribution in [0, 0.1) is 0 Å². The molecule has 1 amide bonds. The topological polar surface area (TPSA) is 42.0 Å². The minimum absolute atomic E-state index is 0.105. The molecule has 154 valence electrons. The van der Waals surface area contributed by atoms with Gasteiger partial charge in [0.2, 0.25) is 5.91 Å². The first kappa shape index (κ1) is 20.1. The van der Waals surface area contributed by atoms with Crippen LogP contribution in [0.1, 0.15) is 36.4 Å². The number of rotatable bonds is 6. The Labute approximate surface area is 173 Å². The van der Waals surface area contributed by atoms with Crippen molar-refractivity contribution in [1.82, 2.24) is 9.80 Å². The number of hydrogen-bond donors (Lipinski definition) is 0. The van der Waals surface area contributed by atoms with Crippen LogP contribution in [0.25, 0.3) is 0 Å². The first-order valence-corrected chi connectivity index (χ1v) is 10.6. The summed E-state index contributed by atoms with van der Waals surface area (Å²) in [5, 5.41) is 0. The molecule has 5 heteroatoms. The summed E-state index contributed by atoms with van der Waals surface area (Å²) >= 11 is 0. The lowest BCUT2D eigenvalue weighted by atomic mass is 9.97. The van der Waals surface area contributed by atoms with Crippen LogP contribution in [0.15, 0.2) is 60.7 Å². The van der Waals surface area contributed by atoms with Gasteiger partial charge in [-0.1, -0.05) is 67.1 Å². The molecule has 0 N–H and O–H groups in total. The van der Waals surface area contributed by atoms with Crippen molar-refractivity contribution in [2.45, 2.75) is 37.6 Å². The van der Waals surface area contributed by atoms with Crippen molar-refractivity contribution in [3.8, 4) is 0 Å². The van der Waals surface area contributed by atoms with Crippen LogP contribution < -0.4 is 0 Å². The van der Waals surface area contributed by atoms with Gasteiger partial charge in [0.05, 0.1) is 31.8 Å². The van der Waals surface area contributed by atoms with Gasteiger partial charge < -0.3 is 14.4 Å². The minimum atomic E-state index is -0.201. The van der Waals surface area contributed by atoms with Gasteiger partial charge in [-0.25, -0.2) is 0 Å². The molecular weight excluding hydrogens is 364 g/mol. The van der Waals surface area contributed by atoms with Crippen LogP contribution in [-0.2, 0) is 14.3 Å². The van der Waals surface area contributed by atoms with Crippen LogP contribution in [0.3, 0.4) is 0 Å². The normalized spacial score (nSPS) is 20.8. The maximum absolute atomic E-state index is 13.4. The highest BCUT2D eigenvalue weighted by Gasteiger charge is 2.35. The molecule has 0 spiro atoms. The van der Waals surface area contributed by atoms with Crippen molar-refractivity contribution in [1.29, 1.82) is 0 Å². The fourth-order valence-corrected chi connectivity index (χ4v) is 4.46. The van der Waals surface area contributed by atoms with Crippen LogP contribution in [-0.4, -0.2) is 61.4 Å². The number of hydrogen-bond acceptors (Lipinski definition) is 4. The smallest absolute Gasteiger partial charge is 0.237 e. The number of carbonyl (C=O) groups is 1. The van der Waals surface area contributed by atoms with Crippen LogP contribution in [0.5, 0.6) is 0 Å². The van der Waals surface area contributed by atoms with Crippen LogP contribution >= 0.6 is 0 Å². The fourth-order valence-electron chi connectivity index (χ4n) is 4.46. The molecular formula is C24H30N2O3. The number of benzene rings is 2. The molecule has 5 nitrogen and oxygen atoms in total. The zero-order chi connectivity index (χ0) is 20.1. The van der Waals surface area contributed by atoms with Gasteiger partial charge in [0.25, 0.3) is 0 Å². The van der Waals surface area contributed by atoms with Crippen molar-refractivity contribution in [2.24, 2.45) is 0 Å². The van der Waals surface area contributed by atoms with Gasteiger partial charge in [-0.15, -0.1) is 0 Å². The molecule has 1 atom stereocenters. The largest absolute Gasteiger partial charge is 0.349 e. The first-order chi connectivity index (χ1) is 14.2. The molecule has 2 aromatic rings. The van der Waals surface area contributed by atoms with Gasteiger partial charge in [-0.3, -0.25) is 9.69 Å². The zero-order valence-corrected chi connectivity index (χ0v) is 17.1. The van der Waals surface area contributed by atoms with Gasteiger partial charge in [0, 0.05) is 7.05 Å². The van der Waals surface area contributed by atoms with Crippen molar-refractivity contribution in [3.63, 3.8) is 0 Å². The molecule has 2 aromatic carbocycles. The Kier molecular flexibility index (Phi) is 6.60. The lowest BCUT2D eigenvalue weighted by molar-refractivity contribution is -0.140. The Morgan fingerprint density at radius 2 is 1.59 bits per heavy atom. The summed E-state index contributed by atoms with van der Waals surface area (Å²) in [7, 11) is 1.91. The van der Waals surface area contributed by atoms with Crippen LogP contribution in [0.4, 0.5) is 0 Å². The summed E-state index contributed by atoms with van der Waals surface area (Å²) in [5.74, 6) is 0.118. The summed E-state index contributed by atoms with van der Waals surface area (Å²) < 4.78 is 11.5. The van der Waals surface area contributed by atoms with Gasteiger partial charge in [-0.05, 0) is 30.5 Å². The van der Waals surface area contributed by atoms with E-state index in [0.29, 0.717) is 19.8 Å². The molecule has 2 aliphatic rings. The second-order valence-electron chi connectivity index (χ2n) is 7.87. The molecule has 0 bridgehead atoms. The minimum Gasteiger partial charge on any atom is -0.349 e. The Morgan fingerprint density at radius 1 is 1.00 bits per heavy atom. The van der Waals surface area contributed by atoms with E-state index in [-0.39, 0.29) is 24.3 Å². The van der Waals surface area contributed by atoms with Gasteiger partial charge in [0.15, 0.2) is 6.29 Å². The summed E-state index contributed by atoms with van der Waals surface area (Å²) in [4.78, 5) is 17.5. The lowest BCUT2D eigenvalue weighted by Crippen LogP contribution is -2.51. The Morgan fingerprint density at radius 3 is 2.17 bits per heavy atom. The standard InChI is InChI=1S/C24H30N2O3/c1-25(23(19-10-4-2-5-11-19)20-12-6-3-7-13-20)22(27)18-26-15-9-8-14-21(26)24-28-16-17-29-24/h2-7,10-13,21,23-24H,8-9,14-18H2,1H3. The Balaban J connectivity index is 1.52. The van der Waals surface area contributed by atoms with E-state index in [4.69, 9.17) is 9.47 Å². The molecule has 4 rings (SSSR count). The molecule has 2 aliphatic heterocycles. The Hall–Kier alpha value is -2.21. The highest BCUT2D eigenvalue weighted by atomic mass is 16.7. The quantitative estimate of drug-likeness (QED) is 0.753. The molecule has 2 saturated heterocycles. The van der Waals surface area contributed by atoms with E-state index in [0.717, 1.165) is 36.9 Å². The molecule has 2 heterocycles. The second kappa shape index (κ2) is 9.53. The lowest BCUT2D eigenvalue weighted by Gasteiger charge is -2.39. The van der Waals surface area contributed by atoms with E-state index >= 15 is 0 Å². The van der Waals surface area contributed by atoms with E-state index < -0.39 is 0 Å². The molecule has 0 aromatic heterocycles. The number of piperidine rings is 1. The molecule has 0 saturated carbocycles. The SMILES string of the molecule is CN(C(=O)CN1CCCCC1C1OCCO1)C(c1ccccc1)c1ccccc1. The monoisotopic (exact) mass is 394 g/mol. The molecule has 2 fully saturated rings. The summed E-state index contributed by atoms with van der Waals surface area (Å²) in [6.07, 6.45) is 3.08. The predicted molar refractivity (Wildman–Crippen MR) is 112 cm³/mol.